The minimum Gasteiger partial charge on any atom is -0.480 e. The van der Waals surface area contributed by atoms with E-state index in [1.807, 2.05) is 0 Å². The van der Waals surface area contributed by atoms with Gasteiger partial charge in [0.2, 0.25) is 23.6 Å². The quantitative estimate of drug-likeness (QED) is 0.0560. The smallest absolute Gasteiger partial charge is 0.326 e. The van der Waals surface area contributed by atoms with Crippen LogP contribution in [-0.4, -0.2) is 95.4 Å². The highest BCUT2D eigenvalue weighted by Crippen LogP contribution is 2.18. The Hall–Kier alpha value is -3.46. The number of rotatable bonds is 16. The van der Waals surface area contributed by atoms with E-state index < -0.39 is 59.8 Å². The Bertz CT molecular complexity index is 862. The Balaban J connectivity index is 2.95. The number of carboxylic acids is 1. The van der Waals surface area contributed by atoms with Gasteiger partial charge < -0.3 is 48.9 Å². The van der Waals surface area contributed by atoms with E-state index in [9.17, 15) is 29.1 Å². The number of guanidine groups is 1. The molecule has 1 fully saturated rings. The summed E-state index contributed by atoms with van der Waals surface area (Å²) in [5.74, 6) is -3.48. The van der Waals surface area contributed by atoms with E-state index in [1.165, 1.54) is 18.7 Å². The highest BCUT2D eigenvalue weighted by Gasteiger charge is 2.37. The van der Waals surface area contributed by atoms with Crippen LogP contribution in [0.5, 0.6) is 0 Å². The van der Waals surface area contributed by atoms with E-state index in [0.29, 0.717) is 38.6 Å². The van der Waals surface area contributed by atoms with E-state index >= 15 is 0 Å². The molecule has 38 heavy (non-hydrogen) atoms. The number of aliphatic carboxylic acids is 1. The van der Waals surface area contributed by atoms with Crippen LogP contribution in [0.15, 0.2) is 4.99 Å². The van der Waals surface area contributed by atoms with E-state index in [1.54, 1.807) is 0 Å². The summed E-state index contributed by atoms with van der Waals surface area (Å²) in [6.45, 7) is 3.84. The Morgan fingerprint density at radius 2 is 1.53 bits per heavy atom. The largest absolute Gasteiger partial charge is 0.480 e. The van der Waals surface area contributed by atoms with Crippen molar-refractivity contribution in [1.29, 1.82) is 0 Å². The molecule has 216 valence electrons. The molecule has 0 aromatic heterocycles. The lowest BCUT2D eigenvalue weighted by molar-refractivity contribution is -0.149. The summed E-state index contributed by atoms with van der Waals surface area (Å²) < 4.78 is 0. The number of carbonyl (C=O) groups excluding carboxylic acids is 4. The van der Waals surface area contributed by atoms with Crippen molar-refractivity contribution >= 4 is 35.6 Å². The number of carboxylic acid groups (broad SMARTS) is 1. The predicted octanol–water partition coefficient (Wildman–Crippen LogP) is -2.93. The monoisotopic (exact) mass is 541 g/mol. The molecule has 0 aromatic carbocycles. The number of nitrogens with zero attached hydrogens (tertiary/aromatic N) is 2. The second-order valence-corrected chi connectivity index (χ2v) is 9.40. The van der Waals surface area contributed by atoms with Crippen LogP contribution >= 0.6 is 0 Å². The van der Waals surface area contributed by atoms with Gasteiger partial charge in [-0.2, -0.15) is 0 Å². The molecule has 15 nitrogen and oxygen atoms in total. The Kier molecular flexibility index (Phi) is 14.1. The topological polar surface area (TPSA) is 261 Å². The third kappa shape index (κ3) is 10.9. The number of unbranched alkanes of at least 4 members (excludes halogenated alkanes) is 1. The zero-order valence-corrected chi connectivity index (χ0v) is 22.2. The van der Waals surface area contributed by atoms with Crippen molar-refractivity contribution in [2.75, 3.05) is 19.6 Å². The minimum absolute atomic E-state index is 0.102. The molecule has 1 aliphatic rings. The van der Waals surface area contributed by atoms with Crippen molar-refractivity contribution in [2.45, 2.75) is 89.0 Å². The van der Waals surface area contributed by atoms with Crippen molar-refractivity contribution in [3.8, 4) is 0 Å². The van der Waals surface area contributed by atoms with Gasteiger partial charge in [-0.3, -0.25) is 24.2 Å². The third-order valence-electron chi connectivity index (χ3n) is 6.12. The summed E-state index contributed by atoms with van der Waals surface area (Å²) in [6.07, 6.45) is 2.80. The van der Waals surface area contributed by atoms with Crippen LogP contribution in [0.3, 0.4) is 0 Å². The van der Waals surface area contributed by atoms with E-state index in [-0.39, 0.29) is 31.9 Å². The second-order valence-electron chi connectivity index (χ2n) is 9.40. The summed E-state index contributed by atoms with van der Waals surface area (Å²) in [4.78, 5) is 67.8. The maximum absolute atomic E-state index is 13.1. The lowest BCUT2D eigenvalue weighted by atomic mass is 10.1. The first-order chi connectivity index (χ1) is 17.9. The number of nitrogens with two attached hydrogens (primary N) is 4. The van der Waals surface area contributed by atoms with Gasteiger partial charge >= 0.3 is 5.97 Å². The summed E-state index contributed by atoms with van der Waals surface area (Å²) in [6, 6.07) is -4.84. The van der Waals surface area contributed by atoms with Crippen LogP contribution in [0.25, 0.3) is 0 Å². The molecule has 4 amide bonds. The van der Waals surface area contributed by atoms with Crippen LogP contribution in [0.1, 0.15) is 58.8 Å². The Labute approximate surface area is 222 Å². The zero-order chi connectivity index (χ0) is 28.8. The second kappa shape index (κ2) is 16.4. The number of amides is 4. The summed E-state index contributed by atoms with van der Waals surface area (Å²) in [7, 11) is 0. The summed E-state index contributed by atoms with van der Waals surface area (Å²) in [5.41, 5.74) is 21.8. The average Bonchev–Trinajstić information content (AvgIpc) is 3.34. The molecule has 0 aliphatic carbocycles. The number of carbonyl (C=O) groups is 5. The van der Waals surface area contributed by atoms with Crippen LogP contribution in [0.4, 0.5) is 0 Å². The van der Waals surface area contributed by atoms with E-state index in [4.69, 9.17) is 22.9 Å². The van der Waals surface area contributed by atoms with Gasteiger partial charge in [0.25, 0.3) is 0 Å². The van der Waals surface area contributed by atoms with E-state index in [2.05, 4.69) is 20.9 Å². The van der Waals surface area contributed by atoms with Gasteiger partial charge in [0.15, 0.2) is 5.96 Å². The highest BCUT2D eigenvalue weighted by molar-refractivity contribution is 5.95. The molecule has 0 aromatic rings. The standard InChI is InChI=1S/C23H43N9O6/c1-13(25)18(33)30-16(8-5-11-28-23(26)27)20(35)31-15(7-3-4-10-24)19(34)29-14(2)21(36)32-12-6-9-17(32)22(37)38/h13-17H,3-12,24-25H2,1-2H3,(H,29,34)(H,30,33)(H,31,35)(H,37,38)(H4,26,27,28)/t13-,14-,15-,16-,17-/m0/s1. The van der Waals surface area contributed by atoms with Crippen LogP contribution in [-0.2, 0) is 24.0 Å². The Morgan fingerprint density at radius 3 is 2.08 bits per heavy atom. The number of nitrogens with one attached hydrogen (secondary N) is 3. The maximum atomic E-state index is 13.1. The SMILES string of the molecule is C[C@H](N)C(=O)N[C@@H](CCCN=C(N)N)C(=O)N[C@@H](CCCCN)C(=O)N[C@@H](C)C(=O)N1CCC[C@H]1C(=O)O. The molecular weight excluding hydrogens is 498 g/mol. The van der Waals surface area contributed by atoms with Crippen LogP contribution in [0.2, 0.25) is 0 Å². The van der Waals surface area contributed by atoms with Crippen molar-refractivity contribution in [1.82, 2.24) is 20.9 Å². The Morgan fingerprint density at radius 1 is 0.947 bits per heavy atom. The normalized spacial score (nSPS) is 18.0. The zero-order valence-electron chi connectivity index (χ0n) is 22.2. The van der Waals surface area contributed by atoms with Gasteiger partial charge in [0.1, 0.15) is 24.2 Å². The van der Waals surface area contributed by atoms with Crippen molar-refractivity contribution in [3.05, 3.63) is 0 Å². The van der Waals surface area contributed by atoms with Gasteiger partial charge in [-0.15, -0.1) is 0 Å². The van der Waals surface area contributed by atoms with Gasteiger partial charge in [-0.25, -0.2) is 4.79 Å². The molecule has 12 N–H and O–H groups in total. The first kappa shape index (κ1) is 32.6. The minimum atomic E-state index is -1.10. The van der Waals surface area contributed by atoms with Gasteiger partial charge in [-0.1, -0.05) is 0 Å². The lowest BCUT2D eigenvalue weighted by Gasteiger charge is -2.27. The van der Waals surface area contributed by atoms with Crippen LogP contribution in [0, 0.1) is 0 Å². The molecule has 0 spiro atoms. The van der Waals surface area contributed by atoms with Crippen LogP contribution < -0.4 is 38.9 Å². The molecule has 0 saturated carbocycles. The molecule has 1 heterocycles. The molecule has 5 atom stereocenters. The average molecular weight is 542 g/mol. The summed E-state index contributed by atoms with van der Waals surface area (Å²) >= 11 is 0. The fourth-order valence-corrected chi connectivity index (χ4v) is 4.02. The van der Waals surface area contributed by atoms with Crippen molar-refractivity contribution < 1.29 is 29.1 Å². The number of hydrogen-bond donors (Lipinski definition) is 8. The molecule has 15 heteroatoms. The highest BCUT2D eigenvalue weighted by atomic mass is 16.4. The third-order valence-corrected chi connectivity index (χ3v) is 6.12. The molecule has 1 rings (SSSR count). The molecule has 0 bridgehead atoms. The number of likely N-dealkylation sites (tertiary alicyclic amines) is 1. The lowest BCUT2D eigenvalue weighted by Crippen LogP contribution is -2.57. The van der Waals surface area contributed by atoms with E-state index in [0.717, 1.165) is 0 Å². The fourth-order valence-electron chi connectivity index (χ4n) is 4.02. The van der Waals surface area contributed by atoms with Gasteiger partial charge in [0, 0.05) is 13.1 Å². The molecule has 1 aliphatic heterocycles. The molecule has 1 saturated heterocycles. The first-order valence-corrected chi connectivity index (χ1v) is 12.8. The summed E-state index contributed by atoms with van der Waals surface area (Å²) in [5, 5.41) is 17.2. The van der Waals surface area contributed by atoms with Gasteiger partial charge in [-0.05, 0) is 65.3 Å². The number of aliphatic imine (C=N–C) groups is 1. The predicted molar refractivity (Wildman–Crippen MR) is 140 cm³/mol. The first-order valence-electron chi connectivity index (χ1n) is 12.8. The van der Waals surface area contributed by atoms with Crippen molar-refractivity contribution in [2.24, 2.45) is 27.9 Å². The fraction of sp³-hybridized carbons (Fsp3) is 0.739. The number of hydrogen-bond acceptors (Lipinski definition) is 8. The maximum Gasteiger partial charge on any atom is 0.326 e. The van der Waals surface area contributed by atoms with Crippen molar-refractivity contribution in [3.63, 3.8) is 0 Å². The molecule has 0 radical (unpaired) electrons. The van der Waals surface area contributed by atoms with Gasteiger partial charge in [0.05, 0.1) is 6.04 Å². The molecular formula is C23H43N9O6. The molecule has 0 unspecified atom stereocenters.